The number of hydrogen-bond donors (Lipinski definition) is 1. The Morgan fingerprint density at radius 2 is 1.89 bits per heavy atom. The lowest BCUT2D eigenvalue weighted by Crippen LogP contribution is -2.64. The Balaban J connectivity index is 2.01. The SMILES string of the molecule is CC1(C)CN(CC(F)F)C(C2CCCCC2)CN1. The predicted molar refractivity (Wildman–Crippen MR) is 70.0 cm³/mol. The van der Waals surface area contributed by atoms with Gasteiger partial charge in [-0.25, -0.2) is 8.78 Å². The quantitative estimate of drug-likeness (QED) is 0.839. The molecule has 1 atom stereocenters. The van der Waals surface area contributed by atoms with Gasteiger partial charge in [0.05, 0.1) is 6.54 Å². The van der Waals surface area contributed by atoms with Crippen molar-refractivity contribution in [2.24, 2.45) is 5.92 Å². The van der Waals surface area contributed by atoms with E-state index < -0.39 is 6.43 Å². The van der Waals surface area contributed by atoms with E-state index in [1.807, 2.05) is 4.90 Å². The van der Waals surface area contributed by atoms with E-state index in [2.05, 4.69) is 19.2 Å². The van der Waals surface area contributed by atoms with Crippen molar-refractivity contribution >= 4 is 0 Å². The third-order valence-corrected chi connectivity index (χ3v) is 4.42. The maximum absolute atomic E-state index is 12.7. The van der Waals surface area contributed by atoms with Crippen molar-refractivity contribution in [3.8, 4) is 0 Å². The van der Waals surface area contributed by atoms with E-state index in [0.717, 1.165) is 13.1 Å². The molecular formula is C14H26F2N2. The zero-order valence-electron chi connectivity index (χ0n) is 11.6. The summed E-state index contributed by atoms with van der Waals surface area (Å²) in [6, 6.07) is 0.312. The molecule has 1 N–H and O–H groups in total. The smallest absolute Gasteiger partial charge is 0.251 e. The number of nitrogens with one attached hydrogen (secondary N) is 1. The molecule has 1 aliphatic carbocycles. The molecule has 2 aliphatic rings. The van der Waals surface area contributed by atoms with Crippen LogP contribution in [0.5, 0.6) is 0 Å². The normalized spacial score (nSPS) is 30.8. The van der Waals surface area contributed by atoms with Crippen LogP contribution in [0.25, 0.3) is 0 Å². The molecule has 1 aliphatic heterocycles. The summed E-state index contributed by atoms with van der Waals surface area (Å²) >= 11 is 0. The molecule has 0 amide bonds. The fourth-order valence-corrected chi connectivity index (χ4v) is 3.55. The second-order valence-electron chi connectivity index (χ2n) is 6.55. The van der Waals surface area contributed by atoms with E-state index in [-0.39, 0.29) is 12.1 Å². The fourth-order valence-electron chi connectivity index (χ4n) is 3.55. The minimum absolute atomic E-state index is 0.0416. The van der Waals surface area contributed by atoms with E-state index >= 15 is 0 Å². The predicted octanol–water partition coefficient (Wildman–Crippen LogP) is 2.88. The summed E-state index contributed by atoms with van der Waals surface area (Å²) in [5, 5.41) is 3.52. The van der Waals surface area contributed by atoms with Crippen molar-refractivity contribution in [2.45, 2.75) is 64.0 Å². The van der Waals surface area contributed by atoms with Crippen LogP contribution in [0.3, 0.4) is 0 Å². The van der Waals surface area contributed by atoms with E-state index in [1.165, 1.54) is 32.1 Å². The Kier molecular flexibility index (Phi) is 4.59. The molecular weight excluding hydrogens is 234 g/mol. The van der Waals surface area contributed by atoms with Crippen LogP contribution in [0, 0.1) is 5.92 Å². The van der Waals surface area contributed by atoms with E-state index in [1.54, 1.807) is 0 Å². The van der Waals surface area contributed by atoms with Crippen LogP contribution in [0.4, 0.5) is 8.78 Å². The van der Waals surface area contributed by atoms with E-state index in [9.17, 15) is 8.78 Å². The van der Waals surface area contributed by atoms with Crippen LogP contribution >= 0.6 is 0 Å². The van der Waals surface area contributed by atoms with Crippen molar-refractivity contribution in [2.75, 3.05) is 19.6 Å². The zero-order chi connectivity index (χ0) is 13.2. The van der Waals surface area contributed by atoms with Gasteiger partial charge in [-0.15, -0.1) is 0 Å². The second kappa shape index (κ2) is 5.83. The van der Waals surface area contributed by atoms with Gasteiger partial charge in [0.15, 0.2) is 0 Å². The summed E-state index contributed by atoms with van der Waals surface area (Å²) < 4.78 is 25.5. The van der Waals surface area contributed by atoms with E-state index in [4.69, 9.17) is 0 Å². The number of hydrogen-bond acceptors (Lipinski definition) is 2. The Morgan fingerprint density at radius 3 is 2.50 bits per heavy atom. The summed E-state index contributed by atoms with van der Waals surface area (Å²) in [5.74, 6) is 0.612. The van der Waals surface area contributed by atoms with Gasteiger partial charge in [0, 0.05) is 24.7 Å². The Hall–Kier alpha value is -0.220. The molecule has 4 heteroatoms. The minimum atomic E-state index is -2.22. The molecule has 1 saturated heterocycles. The summed E-state index contributed by atoms with van der Waals surface area (Å²) in [4.78, 5) is 2.04. The van der Waals surface area contributed by atoms with Crippen LogP contribution in [-0.2, 0) is 0 Å². The Morgan fingerprint density at radius 1 is 1.22 bits per heavy atom. The zero-order valence-corrected chi connectivity index (χ0v) is 11.6. The molecule has 2 rings (SSSR count). The molecule has 1 heterocycles. The van der Waals surface area contributed by atoms with E-state index in [0.29, 0.717) is 12.0 Å². The van der Waals surface area contributed by atoms with Gasteiger partial charge in [-0.2, -0.15) is 0 Å². The molecule has 106 valence electrons. The number of alkyl halides is 2. The summed E-state index contributed by atoms with van der Waals surface area (Å²) in [6.45, 7) is 5.74. The van der Waals surface area contributed by atoms with Gasteiger partial charge in [-0.05, 0) is 32.6 Å². The highest BCUT2D eigenvalue weighted by Gasteiger charge is 2.37. The van der Waals surface area contributed by atoms with Gasteiger partial charge in [0.25, 0.3) is 6.43 Å². The third kappa shape index (κ3) is 3.64. The van der Waals surface area contributed by atoms with Crippen molar-refractivity contribution in [3.05, 3.63) is 0 Å². The van der Waals surface area contributed by atoms with Gasteiger partial charge in [0.2, 0.25) is 0 Å². The monoisotopic (exact) mass is 260 g/mol. The van der Waals surface area contributed by atoms with Crippen LogP contribution < -0.4 is 5.32 Å². The molecule has 0 radical (unpaired) electrons. The lowest BCUT2D eigenvalue weighted by molar-refractivity contribution is 0.00152. The first-order chi connectivity index (χ1) is 8.48. The lowest BCUT2D eigenvalue weighted by Gasteiger charge is -2.48. The first-order valence-corrected chi connectivity index (χ1v) is 7.25. The Bertz CT molecular complexity index is 263. The molecule has 18 heavy (non-hydrogen) atoms. The highest BCUT2D eigenvalue weighted by atomic mass is 19.3. The molecule has 0 spiro atoms. The lowest BCUT2D eigenvalue weighted by atomic mass is 9.81. The molecule has 2 nitrogen and oxygen atoms in total. The van der Waals surface area contributed by atoms with Gasteiger partial charge in [-0.1, -0.05) is 19.3 Å². The van der Waals surface area contributed by atoms with Crippen LogP contribution in [0.2, 0.25) is 0 Å². The minimum Gasteiger partial charge on any atom is -0.309 e. The molecule has 1 unspecified atom stereocenters. The standard InChI is InChI=1S/C14H26F2N2/c1-14(2)10-18(9-13(15)16)12(8-17-14)11-6-4-3-5-7-11/h11-13,17H,3-10H2,1-2H3. The van der Waals surface area contributed by atoms with Crippen molar-refractivity contribution in [1.29, 1.82) is 0 Å². The average Bonchev–Trinajstić information content (AvgIpc) is 2.28. The average molecular weight is 260 g/mol. The summed E-state index contributed by atoms with van der Waals surface area (Å²) in [6.07, 6.45) is 4.07. The van der Waals surface area contributed by atoms with Crippen LogP contribution in [-0.4, -0.2) is 42.5 Å². The molecule has 0 bridgehead atoms. The molecule has 0 aromatic carbocycles. The van der Waals surface area contributed by atoms with Gasteiger partial charge < -0.3 is 5.32 Å². The highest BCUT2D eigenvalue weighted by Crippen LogP contribution is 2.31. The van der Waals surface area contributed by atoms with Crippen molar-refractivity contribution in [1.82, 2.24) is 10.2 Å². The molecule has 2 fully saturated rings. The maximum atomic E-state index is 12.7. The molecule has 0 aromatic heterocycles. The van der Waals surface area contributed by atoms with Crippen molar-refractivity contribution in [3.63, 3.8) is 0 Å². The number of rotatable bonds is 3. The maximum Gasteiger partial charge on any atom is 0.251 e. The molecule has 1 saturated carbocycles. The molecule has 0 aromatic rings. The van der Waals surface area contributed by atoms with Crippen LogP contribution in [0.1, 0.15) is 46.0 Å². The second-order valence-corrected chi connectivity index (χ2v) is 6.55. The van der Waals surface area contributed by atoms with Gasteiger partial charge >= 0.3 is 0 Å². The summed E-state index contributed by atoms with van der Waals surface area (Å²) in [5.41, 5.74) is -0.0416. The topological polar surface area (TPSA) is 15.3 Å². The Labute approximate surface area is 109 Å². The number of halogens is 2. The first-order valence-electron chi connectivity index (χ1n) is 7.25. The number of nitrogens with zero attached hydrogens (tertiary/aromatic N) is 1. The van der Waals surface area contributed by atoms with Gasteiger partial charge in [-0.3, -0.25) is 4.90 Å². The number of piperazine rings is 1. The van der Waals surface area contributed by atoms with Crippen molar-refractivity contribution < 1.29 is 8.78 Å². The summed E-state index contributed by atoms with van der Waals surface area (Å²) in [7, 11) is 0. The fraction of sp³-hybridized carbons (Fsp3) is 1.00. The highest BCUT2D eigenvalue weighted by molar-refractivity contribution is 4.95. The van der Waals surface area contributed by atoms with Gasteiger partial charge in [0.1, 0.15) is 0 Å². The first kappa shape index (κ1) is 14.2. The largest absolute Gasteiger partial charge is 0.309 e. The van der Waals surface area contributed by atoms with Crippen LogP contribution in [0.15, 0.2) is 0 Å². The third-order valence-electron chi connectivity index (χ3n) is 4.42.